The molecule has 0 aliphatic carbocycles. The summed E-state index contributed by atoms with van der Waals surface area (Å²) in [5.74, 6) is 1.62. The van der Waals surface area contributed by atoms with Gasteiger partial charge in [0.25, 0.3) is 0 Å². The first-order valence-corrected chi connectivity index (χ1v) is 10.5. The largest absolute Gasteiger partial charge is 0.327 e. The van der Waals surface area contributed by atoms with E-state index in [9.17, 15) is 0 Å². The van der Waals surface area contributed by atoms with Gasteiger partial charge in [-0.25, -0.2) is 14.8 Å². The van der Waals surface area contributed by atoms with Crippen molar-refractivity contribution < 1.29 is 0 Å². The van der Waals surface area contributed by atoms with Crippen molar-refractivity contribution in [3.63, 3.8) is 0 Å². The quantitative estimate of drug-likeness (QED) is 0.477. The predicted octanol–water partition coefficient (Wildman–Crippen LogP) is 3.48. The van der Waals surface area contributed by atoms with Crippen molar-refractivity contribution in [3.05, 3.63) is 66.2 Å². The molecular weight excluding hydrogens is 388 g/mol. The highest BCUT2D eigenvalue weighted by molar-refractivity contribution is 5.80. The number of rotatable bonds is 7. The molecule has 8 nitrogen and oxygen atoms in total. The van der Waals surface area contributed by atoms with Gasteiger partial charge in [-0.1, -0.05) is 69.3 Å². The minimum atomic E-state index is 0.0821. The molecule has 0 bridgehead atoms. The lowest BCUT2D eigenvalue weighted by molar-refractivity contribution is 0.303. The highest BCUT2D eigenvalue weighted by Gasteiger charge is 2.21. The van der Waals surface area contributed by atoms with Crippen LogP contribution in [0.4, 0.5) is 0 Å². The Bertz CT molecular complexity index is 1110. The molecule has 3 N–H and O–H groups in total. The van der Waals surface area contributed by atoms with E-state index in [0.717, 1.165) is 40.9 Å². The van der Waals surface area contributed by atoms with Gasteiger partial charge in [0, 0.05) is 18.0 Å². The van der Waals surface area contributed by atoms with E-state index in [4.69, 9.17) is 5.73 Å². The normalized spacial score (nSPS) is 12.8. The number of aromatic amines is 1. The summed E-state index contributed by atoms with van der Waals surface area (Å²) in [7, 11) is 0. The number of aryl methyl sites for hydroxylation is 1. The van der Waals surface area contributed by atoms with E-state index in [1.54, 1.807) is 6.33 Å². The molecule has 0 spiro atoms. The minimum absolute atomic E-state index is 0.0821. The first kappa shape index (κ1) is 20.9. The summed E-state index contributed by atoms with van der Waals surface area (Å²) >= 11 is 0. The maximum absolute atomic E-state index is 6.32. The lowest BCUT2D eigenvalue weighted by atomic mass is 9.85. The second-order valence-electron chi connectivity index (χ2n) is 8.84. The number of tetrazole rings is 1. The van der Waals surface area contributed by atoms with Crippen LogP contribution in [0, 0.1) is 5.41 Å². The molecule has 0 saturated heterocycles. The topological polar surface area (TPSA) is 111 Å². The summed E-state index contributed by atoms with van der Waals surface area (Å²) in [6.45, 7) is 7.18. The van der Waals surface area contributed by atoms with Crippen LogP contribution >= 0.6 is 0 Å². The Morgan fingerprint density at radius 3 is 2.45 bits per heavy atom. The molecule has 0 fully saturated rings. The monoisotopic (exact) mass is 416 g/mol. The van der Waals surface area contributed by atoms with Gasteiger partial charge in [-0.15, -0.1) is 5.10 Å². The molecule has 8 heteroatoms. The van der Waals surface area contributed by atoms with Gasteiger partial charge in [0.15, 0.2) is 5.82 Å². The summed E-state index contributed by atoms with van der Waals surface area (Å²) in [5.41, 5.74) is 10.7. The first-order valence-electron chi connectivity index (χ1n) is 10.5. The van der Waals surface area contributed by atoms with Crippen LogP contribution in [0.1, 0.15) is 38.6 Å². The minimum Gasteiger partial charge on any atom is -0.327 e. The number of nitrogens with one attached hydrogen (secondary N) is 1. The standard InChI is InChI=1S/C23H28N8/c1-23(2,3)20(24)12-13-21-25-15-26-31(21)14-16-8-10-17(11-9-16)18-6-4-5-7-19(18)22-27-29-30-28-22/h4-11,15,20H,12-14,24H2,1-3H3,(H,27,28,29,30). The van der Waals surface area contributed by atoms with E-state index < -0.39 is 0 Å². The van der Waals surface area contributed by atoms with E-state index in [2.05, 4.69) is 81.8 Å². The maximum Gasteiger partial charge on any atom is 0.180 e. The van der Waals surface area contributed by atoms with Crippen LogP contribution in [0.2, 0.25) is 0 Å². The smallest absolute Gasteiger partial charge is 0.180 e. The van der Waals surface area contributed by atoms with Crippen molar-refractivity contribution in [2.75, 3.05) is 0 Å². The maximum atomic E-state index is 6.32. The Morgan fingerprint density at radius 1 is 1.03 bits per heavy atom. The highest BCUT2D eigenvalue weighted by atomic mass is 15.5. The lowest BCUT2D eigenvalue weighted by Gasteiger charge is -2.26. The number of nitrogens with two attached hydrogens (primary N) is 1. The fourth-order valence-electron chi connectivity index (χ4n) is 3.51. The first-order chi connectivity index (χ1) is 14.9. The molecule has 0 saturated carbocycles. The lowest BCUT2D eigenvalue weighted by Crippen LogP contribution is -2.35. The number of hydrogen-bond acceptors (Lipinski definition) is 6. The average Bonchev–Trinajstić information content (AvgIpc) is 3.44. The Labute approximate surface area is 181 Å². The third-order valence-corrected chi connectivity index (χ3v) is 5.61. The van der Waals surface area contributed by atoms with E-state index in [0.29, 0.717) is 12.4 Å². The number of aromatic nitrogens is 7. The molecule has 2 aromatic carbocycles. The molecule has 0 aliphatic rings. The molecule has 31 heavy (non-hydrogen) atoms. The third-order valence-electron chi connectivity index (χ3n) is 5.61. The van der Waals surface area contributed by atoms with Gasteiger partial charge in [0.1, 0.15) is 12.2 Å². The molecule has 2 aromatic heterocycles. The second kappa shape index (κ2) is 8.77. The summed E-state index contributed by atoms with van der Waals surface area (Å²) in [5, 5.41) is 18.7. The van der Waals surface area contributed by atoms with Gasteiger partial charge < -0.3 is 5.73 Å². The number of nitrogens with zero attached hydrogens (tertiary/aromatic N) is 6. The van der Waals surface area contributed by atoms with Crippen LogP contribution < -0.4 is 5.73 Å². The average molecular weight is 417 g/mol. The number of H-pyrrole nitrogens is 1. The van der Waals surface area contributed by atoms with Crippen LogP contribution in [0.25, 0.3) is 22.5 Å². The molecule has 4 aromatic rings. The van der Waals surface area contributed by atoms with E-state index in [1.807, 2.05) is 22.9 Å². The van der Waals surface area contributed by atoms with E-state index in [-0.39, 0.29) is 11.5 Å². The molecule has 1 atom stereocenters. The molecule has 2 heterocycles. The zero-order valence-electron chi connectivity index (χ0n) is 18.2. The zero-order valence-corrected chi connectivity index (χ0v) is 18.2. The highest BCUT2D eigenvalue weighted by Crippen LogP contribution is 2.29. The van der Waals surface area contributed by atoms with Crippen molar-refractivity contribution in [1.29, 1.82) is 0 Å². The molecule has 1 unspecified atom stereocenters. The van der Waals surface area contributed by atoms with Crippen LogP contribution in [-0.2, 0) is 13.0 Å². The summed E-state index contributed by atoms with van der Waals surface area (Å²) < 4.78 is 1.96. The summed E-state index contributed by atoms with van der Waals surface area (Å²) in [6, 6.07) is 16.7. The Hall–Kier alpha value is -3.39. The van der Waals surface area contributed by atoms with Crippen molar-refractivity contribution in [1.82, 2.24) is 35.4 Å². The van der Waals surface area contributed by atoms with Crippen LogP contribution in [0.15, 0.2) is 54.9 Å². The van der Waals surface area contributed by atoms with Crippen molar-refractivity contribution in [2.24, 2.45) is 11.1 Å². The van der Waals surface area contributed by atoms with Gasteiger partial charge in [0.2, 0.25) is 0 Å². The summed E-state index contributed by atoms with van der Waals surface area (Å²) in [6.07, 6.45) is 3.32. The third kappa shape index (κ3) is 4.86. The molecule has 0 radical (unpaired) electrons. The van der Waals surface area contributed by atoms with Crippen LogP contribution in [0.3, 0.4) is 0 Å². The van der Waals surface area contributed by atoms with Crippen LogP contribution in [-0.4, -0.2) is 41.4 Å². The van der Waals surface area contributed by atoms with E-state index >= 15 is 0 Å². The fraction of sp³-hybridized carbons (Fsp3) is 0.348. The van der Waals surface area contributed by atoms with Crippen molar-refractivity contribution >= 4 is 0 Å². The van der Waals surface area contributed by atoms with Gasteiger partial charge >= 0.3 is 0 Å². The molecule has 0 aliphatic heterocycles. The van der Waals surface area contributed by atoms with Gasteiger partial charge in [-0.3, -0.25) is 0 Å². The molecule has 0 amide bonds. The Balaban J connectivity index is 1.48. The van der Waals surface area contributed by atoms with Gasteiger partial charge in [-0.2, -0.15) is 5.10 Å². The van der Waals surface area contributed by atoms with Crippen molar-refractivity contribution in [2.45, 2.75) is 46.2 Å². The SMILES string of the molecule is CC(C)(C)C(N)CCc1ncnn1Cc1ccc(-c2ccccc2-c2nnn[nH]2)cc1. The molecule has 160 valence electrons. The Kier molecular flexibility index (Phi) is 5.90. The predicted molar refractivity (Wildman–Crippen MR) is 120 cm³/mol. The van der Waals surface area contributed by atoms with Crippen molar-refractivity contribution in [3.8, 4) is 22.5 Å². The molecule has 4 rings (SSSR count). The number of benzene rings is 2. The Morgan fingerprint density at radius 2 is 1.77 bits per heavy atom. The van der Waals surface area contributed by atoms with E-state index in [1.165, 1.54) is 0 Å². The fourth-order valence-corrected chi connectivity index (χ4v) is 3.51. The van der Waals surface area contributed by atoms with Crippen LogP contribution in [0.5, 0.6) is 0 Å². The van der Waals surface area contributed by atoms with Gasteiger partial charge in [-0.05, 0) is 39.0 Å². The molecular formula is C23H28N8. The number of hydrogen-bond donors (Lipinski definition) is 2. The zero-order chi connectivity index (χ0) is 21.8. The second-order valence-corrected chi connectivity index (χ2v) is 8.84. The summed E-state index contributed by atoms with van der Waals surface area (Å²) in [4.78, 5) is 4.45. The van der Waals surface area contributed by atoms with Gasteiger partial charge in [0.05, 0.1) is 6.54 Å².